The summed E-state index contributed by atoms with van der Waals surface area (Å²) in [4.78, 5) is 8.38. The van der Waals surface area contributed by atoms with Crippen molar-refractivity contribution in [2.24, 2.45) is 0 Å². The topological polar surface area (TPSA) is 78.2 Å². The number of morpholine rings is 1. The van der Waals surface area contributed by atoms with Crippen molar-refractivity contribution in [1.82, 2.24) is 30.1 Å². The minimum Gasteiger partial charge on any atom is -0.383 e. The molecule has 22 heavy (non-hydrogen) atoms. The van der Waals surface area contributed by atoms with E-state index in [2.05, 4.69) is 30.7 Å². The maximum atomic E-state index is 5.79. The highest BCUT2D eigenvalue weighted by Crippen LogP contribution is 2.20. The Morgan fingerprint density at radius 2 is 2.41 bits per heavy atom. The van der Waals surface area contributed by atoms with E-state index in [0.29, 0.717) is 25.6 Å². The van der Waals surface area contributed by atoms with Gasteiger partial charge in [0, 0.05) is 32.1 Å². The normalized spacial score (nSPS) is 19.6. The van der Waals surface area contributed by atoms with Gasteiger partial charge in [-0.15, -0.1) is 21.5 Å². The van der Waals surface area contributed by atoms with Crippen LogP contribution in [0.15, 0.2) is 5.38 Å². The first-order chi connectivity index (χ1) is 10.7. The summed E-state index contributed by atoms with van der Waals surface area (Å²) in [6.45, 7) is 6.34. The predicted molar refractivity (Wildman–Crippen MR) is 80.5 cm³/mol. The Morgan fingerprint density at radius 3 is 3.18 bits per heavy atom. The van der Waals surface area contributed by atoms with E-state index in [1.54, 1.807) is 23.2 Å². The van der Waals surface area contributed by atoms with Crippen LogP contribution < -0.4 is 0 Å². The Kier molecular flexibility index (Phi) is 5.08. The van der Waals surface area contributed by atoms with Crippen molar-refractivity contribution in [2.75, 3.05) is 33.4 Å². The molecule has 0 radical (unpaired) electrons. The van der Waals surface area contributed by atoms with Gasteiger partial charge < -0.3 is 9.47 Å². The van der Waals surface area contributed by atoms with E-state index in [1.807, 2.05) is 6.92 Å². The minimum absolute atomic E-state index is 0.134. The second kappa shape index (κ2) is 7.23. The Hall–Kier alpha value is -1.42. The van der Waals surface area contributed by atoms with Gasteiger partial charge in [-0.2, -0.15) is 4.80 Å². The third-order valence-electron chi connectivity index (χ3n) is 3.45. The Labute approximate surface area is 133 Å². The third kappa shape index (κ3) is 3.86. The number of hydrogen-bond acceptors (Lipinski definition) is 8. The lowest BCUT2D eigenvalue weighted by Gasteiger charge is -2.30. The maximum absolute atomic E-state index is 5.79. The van der Waals surface area contributed by atoms with E-state index in [4.69, 9.17) is 9.47 Å². The van der Waals surface area contributed by atoms with Crippen LogP contribution in [0.5, 0.6) is 0 Å². The molecule has 8 nitrogen and oxygen atoms in total. The zero-order valence-corrected chi connectivity index (χ0v) is 13.6. The summed E-state index contributed by atoms with van der Waals surface area (Å²) in [5.74, 6) is 0.635. The fourth-order valence-electron chi connectivity index (χ4n) is 2.36. The first kappa shape index (κ1) is 15.5. The highest BCUT2D eigenvalue weighted by atomic mass is 32.1. The average molecular weight is 324 g/mol. The van der Waals surface area contributed by atoms with Crippen molar-refractivity contribution in [3.8, 4) is 0 Å². The number of methoxy groups -OCH3 is 1. The van der Waals surface area contributed by atoms with Gasteiger partial charge in [0.15, 0.2) is 0 Å². The van der Waals surface area contributed by atoms with Crippen molar-refractivity contribution in [1.29, 1.82) is 0 Å². The monoisotopic (exact) mass is 324 g/mol. The quantitative estimate of drug-likeness (QED) is 0.772. The fourth-order valence-corrected chi connectivity index (χ4v) is 2.97. The van der Waals surface area contributed by atoms with Crippen molar-refractivity contribution in [3.05, 3.63) is 21.9 Å². The van der Waals surface area contributed by atoms with Crippen LogP contribution >= 0.6 is 11.3 Å². The van der Waals surface area contributed by atoms with E-state index in [0.717, 1.165) is 30.3 Å². The number of aromatic nitrogens is 5. The molecule has 2 aromatic rings. The SMILES string of the molecule is COCCn1nnc(C2CN(Cc3csc(C)n3)CCO2)n1. The fraction of sp³-hybridized carbons (Fsp3) is 0.692. The Morgan fingerprint density at radius 1 is 1.50 bits per heavy atom. The van der Waals surface area contributed by atoms with Gasteiger partial charge in [0.25, 0.3) is 0 Å². The van der Waals surface area contributed by atoms with Gasteiger partial charge in [-0.05, 0) is 12.1 Å². The van der Waals surface area contributed by atoms with Gasteiger partial charge in [0.2, 0.25) is 5.82 Å². The zero-order valence-electron chi connectivity index (χ0n) is 12.8. The molecule has 0 spiro atoms. The number of tetrazole rings is 1. The number of hydrogen-bond donors (Lipinski definition) is 0. The number of nitrogens with zero attached hydrogens (tertiary/aromatic N) is 6. The van der Waals surface area contributed by atoms with Gasteiger partial charge in [-0.3, -0.25) is 4.90 Å². The molecule has 0 amide bonds. The largest absolute Gasteiger partial charge is 0.383 e. The lowest BCUT2D eigenvalue weighted by molar-refractivity contribution is -0.0377. The Balaban J connectivity index is 1.59. The Bertz CT molecular complexity index is 601. The second-order valence-electron chi connectivity index (χ2n) is 5.19. The van der Waals surface area contributed by atoms with Gasteiger partial charge in [0.1, 0.15) is 6.10 Å². The van der Waals surface area contributed by atoms with E-state index in [-0.39, 0.29) is 6.10 Å². The van der Waals surface area contributed by atoms with Crippen LogP contribution in [0.3, 0.4) is 0 Å². The maximum Gasteiger partial charge on any atom is 0.204 e. The summed E-state index contributed by atoms with van der Waals surface area (Å²) in [6, 6.07) is 0. The molecule has 0 N–H and O–H groups in total. The molecular formula is C13H20N6O2S. The van der Waals surface area contributed by atoms with E-state index >= 15 is 0 Å². The first-order valence-electron chi connectivity index (χ1n) is 7.26. The number of thiazole rings is 1. The van der Waals surface area contributed by atoms with E-state index < -0.39 is 0 Å². The first-order valence-corrected chi connectivity index (χ1v) is 8.14. The van der Waals surface area contributed by atoms with Crippen LogP contribution in [0.25, 0.3) is 0 Å². The molecule has 1 fully saturated rings. The van der Waals surface area contributed by atoms with Crippen molar-refractivity contribution in [3.63, 3.8) is 0 Å². The third-order valence-corrected chi connectivity index (χ3v) is 4.28. The summed E-state index contributed by atoms with van der Waals surface area (Å²) >= 11 is 1.68. The zero-order chi connectivity index (χ0) is 15.4. The summed E-state index contributed by atoms with van der Waals surface area (Å²) in [5.41, 5.74) is 1.11. The van der Waals surface area contributed by atoms with Crippen LogP contribution in [0.2, 0.25) is 0 Å². The van der Waals surface area contributed by atoms with Crippen LogP contribution in [-0.2, 0) is 22.6 Å². The van der Waals surface area contributed by atoms with Gasteiger partial charge in [-0.25, -0.2) is 4.98 Å². The molecule has 3 rings (SSSR count). The lowest BCUT2D eigenvalue weighted by Crippen LogP contribution is -2.38. The molecule has 1 unspecified atom stereocenters. The molecule has 120 valence electrons. The summed E-state index contributed by atoms with van der Waals surface area (Å²) < 4.78 is 10.8. The highest BCUT2D eigenvalue weighted by molar-refractivity contribution is 7.09. The number of aryl methyl sites for hydroxylation is 1. The number of ether oxygens (including phenoxy) is 2. The number of rotatable bonds is 6. The predicted octanol–water partition coefficient (Wildman–Crippen LogP) is 0.658. The molecule has 0 bridgehead atoms. The van der Waals surface area contributed by atoms with Crippen molar-refractivity contribution >= 4 is 11.3 Å². The van der Waals surface area contributed by atoms with Crippen LogP contribution in [0.1, 0.15) is 22.6 Å². The molecule has 1 atom stereocenters. The van der Waals surface area contributed by atoms with Crippen LogP contribution in [-0.4, -0.2) is 63.5 Å². The van der Waals surface area contributed by atoms with E-state index in [1.165, 1.54) is 0 Å². The van der Waals surface area contributed by atoms with Gasteiger partial charge in [0.05, 0.1) is 30.5 Å². The van der Waals surface area contributed by atoms with Crippen LogP contribution in [0.4, 0.5) is 0 Å². The van der Waals surface area contributed by atoms with Crippen molar-refractivity contribution in [2.45, 2.75) is 26.1 Å². The standard InChI is InChI=1S/C13H20N6O2S/c1-10-14-11(9-22-10)7-18-3-6-21-12(8-18)13-15-17-19(16-13)4-5-20-2/h9,12H,3-8H2,1-2H3. The highest BCUT2D eigenvalue weighted by Gasteiger charge is 2.26. The van der Waals surface area contributed by atoms with Crippen LogP contribution in [0, 0.1) is 6.92 Å². The lowest BCUT2D eigenvalue weighted by atomic mass is 10.2. The van der Waals surface area contributed by atoms with Gasteiger partial charge >= 0.3 is 0 Å². The average Bonchev–Trinajstić information content (AvgIpc) is 3.15. The molecule has 1 aliphatic heterocycles. The molecule has 1 aliphatic rings. The smallest absolute Gasteiger partial charge is 0.204 e. The molecule has 0 saturated carbocycles. The summed E-state index contributed by atoms with van der Waals surface area (Å²) in [6.07, 6.45) is -0.134. The second-order valence-corrected chi connectivity index (χ2v) is 6.25. The molecule has 0 aromatic carbocycles. The molecular weight excluding hydrogens is 304 g/mol. The molecule has 0 aliphatic carbocycles. The summed E-state index contributed by atoms with van der Waals surface area (Å²) in [5, 5.41) is 15.7. The minimum atomic E-state index is -0.134. The van der Waals surface area contributed by atoms with Gasteiger partial charge in [-0.1, -0.05) is 0 Å². The molecule has 2 aromatic heterocycles. The van der Waals surface area contributed by atoms with Crippen molar-refractivity contribution < 1.29 is 9.47 Å². The summed E-state index contributed by atoms with van der Waals surface area (Å²) in [7, 11) is 1.65. The molecule has 3 heterocycles. The molecule has 9 heteroatoms. The van der Waals surface area contributed by atoms with E-state index in [9.17, 15) is 0 Å². The molecule has 1 saturated heterocycles.